The summed E-state index contributed by atoms with van der Waals surface area (Å²) in [6.07, 6.45) is 4.56. The first-order valence-corrected chi connectivity index (χ1v) is 4.45. The Labute approximate surface area is 88.6 Å². The molecule has 0 atom stereocenters. The van der Waals surface area contributed by atoms with E-state index in [0.29, 0.717) is 0 Å². The highest BCUT2D eigenvalue weighted by Gasteiger charge is 2.20. The molecule has 1 heterocycles. The predicted molar refractivity (Wildman–Crippen MR) is 56.5 cm³/mol. The molecular weight excluding hydrogens is 215 g/mol. The van der Waals surface area contributed by atoms with Crippen molar-refractivity contribution in [3.63, 3.8) is 0 Å². The van der Waals surface area contributed by atoms with Gasteiger partial charge in [0, 0.05) is 24.2 Å². The second-order valence-electron chi connectivity index (χ2n) is 2.58. The Bertz CT molecular complexity index is 199. The Kier molecular flexibility index (Phi) is 5.84. The van der Waals surface area contributed by atoms with Crippen molar-refractivity contribution in [2.24, 2.45) is 0 Å². The van der Waals surface area contributed by atoms with E-state index >= 15 is 0 Å². The molecule has 1 N–H and O–H groups in total. The van der Waals surface area contributed by atoms with E-state index in [2.05, 4.69) is 10.3 Å². The minimum Gasteiger partial charge on any atom is -0.308 e. The minimum absolute atomic E-state index is 0. The monoisotopic (exact) mass is 226 g/mol. The van der Waals surface area contributed by atoms with Crippen LogP contribution < -0.4 is 5.32 Å². The van der Waals surface area contributed by atoms with Gasteiger partial charge >= 0.3 is 0 Å². The highest BCUT2D eigenvalue weighted by Crippen LogP contribution is 2.19. The summed E-state index contributed by atoms with van der Waals surface area (Å²) in [7, 11) is 0. The summed E-state index contributed by atoms with van der Waals surface area (Å²) in [6.45, 7) is 0.961. The zero-order valence-electron chi connectivity index (χ0n) is 6.53. The van der Waals surface area contributed by atoms with Gasteiger partial charge in [-0.3, -0.25) is 0 Å². The van der Waals surface area contributed by atoms with Crippen LogP contribution in [0.4, 0.5) is 0 Å². The lowest BCUT2D eigenvalue weighted by atomic mass is 10.6. The molecule has 70 valence electrons. The Balaban J connectivity index is 0.000000605. The number of halogens is 2. The number of hydrogen-bond acceptors (Lipinski definition) is 3. The first-order chi connectivity index (χ1) is 4.95. The largest absolute Gasteiger partial charge is 0.308 e. The molecule has 0 amide bonds. The second-order valence-corrected chi connectivity index (χ2v) is 3.56. The topological polar surface area (TPSA) is 24.9 Å². The van der Waals surface area contributed by atoms with E-state index < -0.39 is 0 Å². The minimum atomic E-state index is 0. The zero-order valence-corrected chi connectivity index (χ0v) is 8.97. The SMILES string of the molecule is Cl.Cl.c1csc(CNC2CC2)n1. The van der Waals surface area contributed by atoms with Crippen molar-refractivity contribution in [3.8, 4) is 0 Å². The molecule has 1 fully saturated rings. The lowest BCUT2D eigenvalue weighted by Gasteiger charge is -1.95. The van der Waals surface area contributed by atoms with E-state index in [-0.39, 0.29) is 24.8 Å². The third-order valence-corrected chi connectivity index (χ3v) is 2.38. The van der Waals surface area contributed by atoms with E-state index in [4.69, 9.17) is 0 Å². The molecule has 1 saturated carbocycles. The van der Waals surface area contributed by atoms with Crippen LogP contribution in [0.25, 0.3) is 0 Å². The Hall–Kier alpha value is 0.170. The zero-order chi connectivity index (χ0) is 6.81. The van der Waals surface area contributed by atoms with Crippen LogP contribution >= 0.6 is 36.2 Å². The van der Waals surface area contributed by atoms with Gasteiger partial charge in [-0.25, -0.2) is 4.98 Å². The van der Waals surface area contributed by atoms with Gasteiger partial charge < -0.3 is 5.32 Å². The van der Waals surface area contributed by atoms with Gasteiger partial charge in [0.25, 0.3) is 0 Å². The fourth-order valence-electron chi connectivity index (χ4n) is 0.859. The molecule has 1 aromatic heterocycles. The van der Waals surface area contributed by atoms with E-state index in [1.807, 2.05) is 11.6 Å². The lowest BCUT2D eigenvalue weighted by Crippen LogP contribution is -2.14. The lowest BCUT2D eigenvalue weighted by molar-refractivity contribution is 0.684. The van der Waals surface area contributed by atoms with Crippen LogP contribution in [0, 0.1) is 0 Å². The molecule has 1 aliphatic rings. The summed E-state index contributed by atoms with van der Waals surface area (Å²) in [5.41, 5.74) is 0. The molecule has 1 aromatic rings. The van der Waals surface area contributed by atoms with Crippen molar-refractivity contribution in [2.75, 3.05) is 0 Å². The molecule has 2 nitrogen and oxygen atoms in total. The molecule has 0 unspecified atom stereocenters. The number of rotatable bonds is 3. The van der Waals surface area contributed by atoms with Gasteiger partial charge in [0.05, 0.1) is 0 Å². The Morgan fingerprint density at radius 2 is 2.25 bits per heavy atom. The number of aromatic nitrogens is 1. The molecule has 0 bridgehead atoms. The van der Waals surface area contributed by atoms with Crippen molar-refractivity contribution in [1.82, 2.24) is 10.3 Å². The van der Waals surface area contributed by atoms with Crippen LogP contribution in [-0.2, 0) is 6.54 Å². The Morgan fingerprint density at radius 1 is 1.50 bits per heavy atom. The fraction of sp³-hybridized carbons (Fsp3) is 0.571. The van der Waals surface area contributed by atoms with Gasteiger partial charge in [-0.15, -0.1) is 36.2 Å². The number of hydrogen-bond donors (Lipinski definition) is 1. The summed E-state index contributed by atoms with van der Waals surface area (Å²) in [4.78, 5) is 4.17. The molecular formula is C7H12Cl2N2S. The van der Waals surface area contributed by atoms with Crippen molar-refractivity contribution in [3.05, 3.63) is 16.6 Å². The standard InChI is InChI=1S/C7H10N2S.2ClH/c1-2-6(1)9-5-7-8-3-4-10-7;;/h3-4,6,9H,1-2,5H2;2*1H. The molecule has 0 spiro atoms. The van der Waals surface area contributed by atoms with Crippen LogP contribution in [0.15, 0.2) is 11.6 Å². The quantitative estimate of drug-likeness (QED) is 0.856. The normalized spacial score (nSPS) is 14.7. The third kappa shape index (κ3) is 3.72. The van der Waals surface area contributed by atoms with Gasteiger partial charge in [0.2, 0.25) is 0 Å². The molecule has 0 saturated heterocycles. The van der Waals surface area contributed by atoms with E-state index in [9.17, 15) is 0 Å². The predicted octanol–water partition coefficient (Wildman–Crippen LogP) is 2.24. The van der Waals surface area contributed by atoms with Crippen molar-refractivity contribution in [2.45, 2.75) is 25.4 Å². The number of nitrogens with one attached hydrogen (secondary N) is 1. The summed E-state index contributed by atoms with van der Waals surface area (Å²) >= 11 is 1.72. The fourth-order valence-corrected chi connectivity index (χ4v) is 1.43. The summed E-state index contributed by atoms with van der Waals surface area (Å²) in [5, 5.41) is 6.63. The number of nitrogens with zero attached hydrogens (tertiary/aromatic N) is 1. The molecule has 12 heavy (non-hydrogen) atoms. The molecule has 1 aliphatic carbocycles. The molecule has 2 rings (SSSR count). The smallest absolute Gasteiger partial charge is 0.106 e. The van der Waals surface area contributed by atoms with Gasteiger partial charge in [0.15, 0.2) is 0 Å². The first-order valence-electron chi connectivity index (χ1n) is 3.57. The molecule has 5 heteroatoms. The summed E-state index contributed by atoms with van der Waals surface area (Å²) in [5.74, 6) is 0. The maximum atomic E-state index is 4.17. The summed E-state index contributed by atoms with van der Waals surface area (Å²) in [6, 6.07) is 0.795. The third-order valence-electron chi connectivity index (χ3n) is 1.60. The molecule has 0 aliphatic heterocycles. The summed E-state index contributed by atoms with van der Waals surface area (Å²) < 4.78 is 0. The molecule has 0 aromatic carbocycles. The van der Waals surface area contributed by atoms with Crippen LogP contribution in [0.5, 0.6) is 0 Å². The van der Waals surface area contributed by atoms with Gasteiger partial charge in [-0.1, -0.05) is 0 Å². The van der Waals surface area contributed by atoms with Crippen molar-refractivity contribution in [1.29, 1.82) is 0 Å². The van der Waals surface area contributed by atoms with E-state index in [1.54, 1.807) is 11.3 Å². The van der Waals surface area contributed by atoms with Crippen LogP contribution in [0.2, 0.25) is 0 Å². The Morgan fingerprint density at radius 3 is 2.75 bits per heavy atom. The van der Waals surface area contributed by atoms with E-state index in [1.165, 1.54) is 17.8 Å². The van der Waals surface area contributed by atoms with Gasteiger partial charge in [-0.2, -0.15) is 0 Å². The second kappa shape index (κ2) is 5.75. The maximum absolute atomic E-state index is 4.17. The van der Waals surface area contributed by atoms with Gasteiger partial charge in [0.1, 0.15) is 5.01 Å². The maximum Gasteiger partial charge on any atom is 0.106 e. The van der Waals surface area contributed by atoms with Crippen molar-refractivity contribution < 1.29 is 0 Å². The van der Waals surface area contributed by atoms with E-state index in [0.717, 1.165) is 12.6 Å². The highest BCUT2D eigenvalue weighted by molar-refractivity contribution is 7.09. The van der Waals surface area contributed by atoms with Crippen LogP contribution in [0.3, 0.4) is 0 Å². The molecule has 0 radical (unpaired) electrons. The highest BCUT2D eigenvalue weighted by atomic mass is 35.5. The van der Waals surface area contributed by atoms with Gasteiger partial charge in [-0.05, 0) is 12.8 Å². The first kappa shape index (κ1) is 12.2. The average Bonchev–Trinajstić information content (AvgIpc) is 2.63. The average molecular weight is 227 g/mol. The number of thiazole rings is 1. The van der Waals surface area contributed by atoms with Crippen LogP contribution in [0.1, 0.15) is 17.8 Å². The van der Waals surface area contributed by atoms with Crippen LogP contribution in [-0.4, -0.2) is 11.0 Å². The van der Waals surface area contributed by atoms with Crippen molar-refractivity contribution >= 4 is 36.2 Å².